The van der Waals surface area contributed by atoms with Gasteiger partial charge in [-0.1, -0.05) is 25.1 Å². The van der Waals surface area contributed by atoms with E-state index in [1.807, 2.05) is 6.07 Å². The van der Waals surface area contributed by atoms with Crippen molar-refractivity contribution in [3.8, 4) is 0 Å². The largest absolute Gasteiger partial charge is 0.420 e. The topological polar surface area (TPSA) is 67.5 Å². The van der Waals surface area contributed by atoms with Crippen molar-refractivity contribution >= 4 is 28.3 Å². The van der Waals surface area contributed by atoms with Gasteiger partial charge in [0.2, 0.25) is 5.91 Å². The number of para-hydroxylation sites is 2. The van der Waals surface area contributed by atoms with Gasteiger partial charge >= 0.3 is 5.76 Å². The number of rotatable bonds is 9. The van der Waals surface area contributed by atoms with E-state index in [4.69, 9.17) is 4.42 Å². The van der Waals surface area contributed by atoms with E-state index in [0.29, 0.717) is 23.7 Å². The predicted octanol–water partition coefficient (Wildman–Crippen LogP) is 3.07. The number of fused-ring (bicyclic) bond motifs is 1. The van der Waals surface area contributed by atoms with Crippen LogP contribution in [0.5, 0.6) is 0 Å². The normalized spacial score (nSPS) is 12.6. The predicted molar refractivity (Wildman–Crippen MR) is 108 cm³/mol. The van der Waals surface area contributed by atoms with Crippen LogP contribution < -0.4 is 11.1 Å². The van der Waals surface area contributed by atoms with Gasteiger partial charge in [0.05, 0.1) is 5.52 Å². The number of amides is 1. The number of carbonyl (C=O) groups excluding carboxylic acids is 1. The van der Waals surface area contributed by atoms with Crippen LogP contribution in [-0.2, 0) is 17.9 Å². The Bertz CT molecular complexity index is 930. The Kier molecular flexibility index (Phi) is 6.47. The standard InChI is InChI=1S/C20H25N3O3S/c1-3-15(2)22(13-16-7-6-12-27-16)11-10-21-19(24)14-23-17-8-4-5-9-18(17)26-20(23)25/h4-9,12,15H,3,10-11,13-14H2,1-2H3,(H,21,24)/t15-/m1/s1. The SMILES string of the molecule is CC[C@@H](C)N(CCNC(=O)Cn1c(=O)oc2ccccc21)Cc1cccs1. The average Bonchev–Trinajstić information content (AvgIpc) is 3.28. The fourth-order valence-electron chi connectivity index (χ4n) is 3.02. The van der Waals surface area contributed by atoms with Crippen LogP contribution in [0.25, 0.3) is 11.1 Å². The first-order valence-corrected chi connectivity index (χ1v) is 10.1. The maximum Gasteiger partial charge on any atom is 0.420 e. The lowest BCUT2D eigenvalue weighted by Crippen LogP contribution is -2.40. The second-order valence-electron chi connectivity index (χ2n) is 6.58. The average molecular weight is 388 g/mol. The lowest BCUT2D eigenvalue weighted by Gasteiger charge is -2.28. The molecule has 1 aromatic carbocycles. The zero-order valence-corrected chi connectivity index (χ0v) is 16.5. The fraction of sp³-hybridized carbons (Fsp3) is 0.400. The summed E-state index contributed by atoms with van der Waals surface area (Å²) in [6, 6.07) is 11.7. The molecule has 3 aromatic rings. The van der Waals surface area contributed by atoms with Crippen LogP contribution in [0.4, 0.5) is 0 Å². The molecule has 144 valence electrons. The lowest BCUT2D eigenvalue weighted by atomic mass is 10.2. The molecule has 0 spiro atoms. The summed E-state index contributed by atoms with van der Waals surface area (Å²) in [6.07, 6.45) is 1.05. The van der Waals surface area contributed by atoms with Crippen LogP contribution >= 0.6 is 11.3 Å². The Labute approximate surface area is 162 Å². The number of thiophene rings is 1. The molecule has 27 heavy (non-hydrogen) atoms. The van der Waals surface area contributed by atoms with Crippen LogP contribution in [0, 0.1) is 0 Å². The number of hydrogen-bond donors (Lipinski definition) is 1. The Morgan fingerprint density at radius 2 is 2.11 bits per heavy atom. The van der Waals surface area contributed by atoms with E-state index in [0.717, 1.165) is 19.5 Å². The number of carbonyl (C=O) groups is 1. The van der Waals surface area contributed by atoms with Crippen molar-refractivity contribution in [2.45, 2.75) is 39.4 Å². The summed E-state index contributed by atoms with van der Waals surface area (Å²) in [5, 5.41) is 5.01. The molecule has 0 saturated carbocycles. The summed E-state index contributed by atoms with van der Waals surface area (Å²) in [7, 11) is 0. The molecule has 0 unspecified atom stereocenters. The molecule has 2 heterocycles. The van der Waals surface area contributed by atoms with Gasteiger partial charge in [0.1, 0.15) is 6.54 Å². The minimum atomic E-state index is -0.509. The van der Waals surface area contributed by atoms with Crippen molar-refractivity contribution in [3.63, 3.8) is 0 Å². The Hall–Kier alpha value is -2.38. The molecular weight excluding hydrogens is 362 g/mol. The molecule has 0 radical (unpaired) electrons. The smallest absolute Gasteiger partial charge is 0.408 e. The molecule has 6 nitrogen and oxygen atoms in total. The van der Waals surface area contributed by atoms with Crippen LogP contribution in [0.15, 0.2) is 51.0 Å². The lowest BCUT2D eigenvalue weighted by molar-refractivity contribution is -0.121. The second-order valence-corrected chi connectivity index (χ2v) is 7.61. The minimum absolute atomic E-state index is 0.0376. The van der Waals surface area contributed by atoms with Crippen molar-refractivity contribution in [2.24, 2.45) is 0 Å². The van der Waals surface area contributed by atoms with Gasteiger partial charge in [-0.05, 0) is 36.9 Å². The number of hydrogen-bond acceptors (Lipinski definition) is 5. The van der Waals surface area contributed by atoms with E-state index >= 15 is 0 Å². The number of oxazole rings is 1. The molecule has 1 N–H and O–H groups in total. The van der Waals surface area contributed by atoms with E-state index in [1.165, 1.54) is 9.44 Å². The third-order valence-corrected chi connectivity index (χ3v) is 5.61. The highest BCUT2D eigenvalue weighted by molar-refractivity contribution is 7.09. The van der Waals surface area contributed by atoms with Crippen LogP contribution in [0.3, 0.4) is 0 Å². The highest BCUT2D eigenvalue weighted by Crippen LogP contribution is 2.15. The van der Waals surface area contributed by atoms with Crippen molar-refractivity contribution in [1.29, 1.82) is 0 Å². The molecule has 2 aromatic heterocycles. The molecule has 1 atom stereocenters. The highest BCUT2D eigenvalue weighted by atomic mass is 32.1. The molecule has 0 bridgehead atoms. The van der Waals surface area contributed by atoms with Crippen LogP contribution in [-0.4, -0.2) is 34.5 Å². The second kappa shape index (κ2) is 9.01. The molecule has 0 aliphatic heterocycles. The summed E-state index contributed by atoms with van der Waals surface area (Å²) in [6.45, 7) is 6.52. The molecule has 0 aliphatic rings. The summed E-state index contributed by atoms with van der Waals surface area (Å²) >= 11 is 1.75. The Morgan fingerprint density at radius 3 is 2.85 bits per heavy atom. The maximum atomic E-state index is 12.3. The molecule has 0 saturated heterocycles. The van der Waals surface area contributed by atoms with E-state index in [-0.39, 0.29) is 12.5 Å². The fourth-order valence-corrected chi connectivity index (χ4v) is 3.75. The van der Waals surface area contributed by atoms with Gasteiger partial charge in [0, 0.05) is 30.6 Å². The zero-order valence-electron chi connectivity index (χ0n) is 15.7. The quantitative estimate of drug-likeness (QED) is 0.613. The van der Waals surface area contributed by atoms with Crippen molar-refractivity contribution in [1.82, 2.24) is 14.8 Å². The summed E-state index contributed by atoms with van der Waals surface area (Å²) in [5.74, 6) is -0.700. The summed E-state index contributed by atoms with van der Waals surface area (Å²) < 4.78 is 6.53. The molecule has 3 rings (SSSR count). The molecule has 0 aliphatic carbocycles. The van der Waals surface area contributed by atoms with Gasteiger partial charge in [-0.2, -0.15) is 0 Å². The van der Waals surface area contributed by atoms with Crippen molar-refractivity contribution in [3.05, 3.63) is 57.2 Å². The Morgan fingerprint density at radius 1 is 1.30 bits per heavy atom. The van der Waals surface area contributed by atoms with Gasteiger partial charge in [-0.15, -0.1) is 11.3 Å². The number of nitrogens with zero attached hydrogens (tertiary/aromatic N) is 2. The molecular formula is C20H25N3O3S. The minimum Gasteiger partial charge on any atom is -0.408 e. The Balaban J connectivity index is 1.56. The van der Waals surface area contributed by atoms with Gasteiger partial charge in [0.25, 0.3) is 0 Å². The van der Waals surface area contributed by atoms with Gasteiger partial charge in [-0.3, -0.25) is 14.3 Å². The van der Waals surface area contributed by atoms with Gasteiger partial charge < -0.3 is 9.73 Å². The van der Waals surface area contributed by atoms with Crippen molar-refractivity contribution < 1.29 is 9.21 Å². The number of aromatic nitrogens is 1. The summed E-state index contributed by atoms with van der Waals surface area (Å²) in [5.41, 5.74) is 1.13. The third-order valence-electron chi connectivity index (χ3n) is 4.75. The van der Waals surface area contributed by atoms with E-state index in [2.05, 4.69) is 41.6 Å². The first-order valence-electron chi connectivity index (χ1n) is 9.20. The van der Waals surface area contributed by atoms with Crippen LogP contribution in [0.2, 0.25) is 0 Å². The van der Waals surface area contributed by atoms with E-state index < -0.39 is 5.76 Å². The highest BCUT2D eigenvalue weighted by Gasteiger charge is 2.15. The van der Waals surface area contributed by atoms with Gasteiger partial charge in [0.15, 0.2) is 5.58 Å². The first-order chi connectivity index (χ1) is 13.1. The van der Waals surface area contributed by atoms with E-state index in [1.54, 1.807) is 29.5 Å². The van der Waals surface area contributed by atoms with E-state index in [9.17, 15) is 9.59 Å². The zero-order chi connectivity index (χ0) is 19.2. The molecule has 7 heteroatoms. The maximum absolute atomic E-state index is 12.3. The van der Waals surface area contributed by atoms with Crippen molar-refractivity contribution in [2.75, 3.05) is 13.1 Å². The first kappa shape index (κ1) is 19.4. The number of benzene rings is 1. The molecule has 0 fully saturated rings. The third kappa shape index (κ3) is 4.87. The number of nitrogens with one attached hydrogen (secondary N) is 1. The monoisotopic (exact) mass is 387 g/mol. The van der Waals surface area contributed by atoms with Crippen LogP contribution in [0.1, 0.15) is 25.1 Å². The molecule has 1 amide bonds. The van der Waals surface area contributed by atoms with Gasteiger partial charge in [-0.25, -0.2) is 4.79 Å². The summed E-state index contributed by atoms with van der Waals surface area (Å²) in [4.78, 5) is 28.0.